The molecule has 1 N–H and O–H groups in total. The SMILES string of the molecule is Cc1ccc(Cc2sc(CNS(C)(=O)=O)nc2C)cc1. The lowest BCUT2D eigenvalue weighted by molar-refractivity contribution is 0.587. The van der Waals surface area contributed by atoms with Crippen molar-refractivity contribution < 1.29 is 8.42 Å². The molecule has 2 rings (SSSR count). The highest BCUT2D eigenvalue weighted by atomic mass is 32.2. The van der Waals surface area contributed by atoms with Crippen molar-refractivity contribution in [2.45, 2.75) is 26.8 Å². The molecular weight excluding hydrogens is 292 g/mol. The van der Waals surface area contributed by atoms with Gasteiger partial charge in [-0.1, -0.05) is 29.8 Å². The molecule has 1 aromatic heterocycles. The Bertz CT molecular complexity index is 688. The predicted octanol–water partition coefficient (Wildman–Crippen LogP) is 2.40. The van der Waals surface area contributed by atoms with E-state index in [1.807, 2.05) is 6.92 Å². The summed E-state index contributed by atoms with van der Waals surface area (Å²) < 4.78 is 24.6. The van der Waals surface area contributed by atoms with Crippen LogP contribution in [-0.4, -0.2) is 19.7 Å². The highest BCUT2D eigenvalue weighted by molar-refractivity contribution is 7.88. The summed E-state index contributed by atoms with van der Waals surface area (Å²) in [6, 6.07) is 8.42. The molecule has 2 aromatic rings. The van der Waals surface area contributed by atoms with Gasteiger partial charge < -0.3 is 0 Å². The summed E-state index contributed by atoms with van der Waals surface area (Å²) in [5.41, 5.74) is 3.46. The topological polar surface area (TPSA) is 59.1 Å². The Hall–Kier alpha value is -1.24. The molecule has 0 saturated carbocycles. The van der Waals surface area contributed by atoms with Gasteiger partial charge in [0.25, 0.3) is 0 Å². The zero-order valence-electron chi connectivity index (χ0n) is 11.8. The third-order valence-electron chi connectivity index (χ3n) is 2.91. The monoisotopic (exact) mass is 310 g/mol. The minimum absolute atomic E-state index is 0.262. The van der Waals surface area contributed by atoms with Crippen molar-refractivity contribution in [1.29, 1.82) is 0 Å². The minimum Gasteiger partial charge on any atom is -0.245 e. The van der Waals surface area contributed by atoms with Crippen LogP contribution in [0.3, 0.4) is 0 Å². The predicted molar refractivity (Wildman–Crippen MR) is 82.5 cm³/mol. The highest BCUT2D eigenvalue weighted by Crippen LogP contribution is 2.21. The fourth-order valence-electron chi connectivity index (χ4n) is 1.81. The Morgan fingerprint density at radius 2 is 1.85 bits per heavy atom. The van der Waals surface area contributed by atoms with Gasteiger partial charge in [-0.05, 0) is 19.4 Å². The van der Waals surface area contributed by atoms with E-state index in [4.69, 9.17) is 0 Å². The number of hydrogen-bond acceptors (Lipinski definition) is 4. The summed E-state index contributed by atoms with van der Waals surface area (Å²) in [6.45, 7) is 4.29. The second kappa shape index (κ2) is 6.03. The van der Waals surface area contributed by atoms with Crippen molar-refractivity contribution in [3.63, 3.8) is 0 Å². The van der Waals surface area contributed by atoms with Gasteiger partial charge in [0.15, 0.2) is 0 Å². The van der Waals surface area contributed by atoms with E-state index in [-0.39, 0.29) is 6.54 Å². The number of aromatic nitrogens is 1. The third-order valence-corrected chi connectivity index (χ3v) is 4.73. The van der Waals surface area contributed by atoms with Crippen LogP contribution in [0, 0.1) is 13.8 Å². The summed E-state index contributed by atoms with van der Waals surface area (Å²) in [5, 5.41) is 0.801. The van der Waals surface area contributed by atoms with Crippen LogP contribution in [0.15, 0.2) is 24.3 Å². The summed E-state index contributed by atoms with van der Waals surface area (Å²) in [4.78, 5) is 5.60. The Morgan fingerprint density at radius 3 is 2.45 bits per heavy atom. The van der Waals surface area contributed by atoms with E-state index in [0.717, 1.165) is 23.4 Å². The summed E-state index contributed by atoms with van der Waals surface area (Å²) in [7, 11) is -3.17. The lowest BCUT2D eigenvalue weighted by atomic mass is 10.1. The standard InChI is InChI=1S/C14H18N2O2S2/c1-10-4-6-12(7-5-10)8-13-11(2)16-14(19-13)9-15-20(3,17)18/h4-7,15H,8-9H2,1-3H3. The van der Waals surface area contributed by atoms with Crippen molar-refractivity contribution >= 4 is 21.4 Å². The summed E-state index contributed by atoms with van der Waals surface area (Å²) in [6.07, 6.45) is 1.99. The first-order chi connectivity index (χ1) is 9.33. The van der Waals surface area contributed by atoms with E-state index in [1.54, 1.807) is 11.3 Å². The second-order valence-electron chi connectivity index (χ2n) is 4.87. The van der Waals surface area contributed by atoms with Gasteiger partial charge in [0.1, 0.15) is 5.01 Å². The Kier molecular flexibility index (Phi) is 4.57. The van der Waals surface area contributed by atoms with Gasteiger partial charge in [0.2, 0.25) is 10.0 Å². The Labute approximate surface area is 123 Å². The first kappa shape index (κ1) is 15.2. The van der Waals surface area contributed by atoms with E-state index in [1.165, 1.54) is 16.0 Å². The molecule has 0 aliphatic heterocycles. The molecule has 108 valence electrons. The lowest BCUT2D eigenvalue weighted by Crippen LogP contribution is -2.21. The van der Waals surface area contributed by atoms with Gasteiger partial charge in [-0.3, -0.25) is 0 Å². The number of nitrogens with zero attached hydrogens (tertiary/aromatic N) is 1. The van der Waals surface area contributed by atoms with Gasteiger partial charge in [-0.2, -0.15) is 0 Å². The molecule has 1 aromatic carbocycles. The number of rotatable bonds is 5. The Morgan fingerprint density at radius 1 is 1.20 bits per heavy atom. The molecule has 0 amide bonds. The molecule has 0 spiro atoms. The molecule has 6 heteroatoms. The van der Waals surface area contributed by atoms with Crippen molar-refractivity contribution in [1.82, 2.24) is 9.71 Å². The van der Waals surface area contributed by atoms with E-state index in [9.17, 15) is 8.42 Å². The number of hydrogen-bond donors (Lipinski definition) is 1. The summed E-state index contributed by atoms with van der Waals surface area (Å²) >= 11 is 1.56. The van der Waals surface area contributed by atoms with Gasteiger partial charge in [0, 0.05) is 11.3 Å². The number of aryl methyl sites for hydroxylation is 2. The van der Waals surface area contributed by atoms with Crippen molar-refractivity contribution in [3.05, 3.63) is 51.0 Å². The molecule has 0 aliphatic rings. The molecule has 0 atom stereocenters. The Balaban J connectivity index is 2.09. The number of benzene rings is 1. The third kappa shape index (κ3) is 4.40. The van der Waals surface area contributed by atoms with Crippen LogP contribution in [0.2, 0.25) is 0 Å². The van der Waals surface area contributed by atoms with Crippen LogP contribution in [-0.2, 0) is 23.0 Å². The van der Waals surface area contributed by atoms with Crippen molar-refractivity contribution in [2.24, 2.45) is 0 Å². The molecule has 20 heavy (non-hydrogen) atoms. The molecule has 1 heterocycles. The fraction of sp³-hybridized carbons (Fsp3) is 0.357. The van der Waals surface area contributed by atoms with Crippen molar-refractivity contribution in [2.75, 3.05) is 6.26 Å². The van der Waals surface area contributed by atoms with Crippen LogP contribution in [0.25, 0.3) is 0 Å². The van der Waals surface area contributed by atoms with Crippen LogP contribution in [0.4, 0.5) is 0 Å². The van der Waals surface area contributed by atoms with Crippen LogP contribution < -0.4 is 4.72 Å². The summed E-state index contributed by atoms with van der Waals surface area (Å²) in [5.74, 6) is 0. The number of nitrogens with one attached hydrogen (secondary N) is 1. The zero-order valence-corrected chi connectivity index (χ0v) is 13.4. The van der Waals surface area contributed by atoms with Crippen LogP contribution in [0.5, 0.6) is 0 Å². The molecular formula is C14H18N2O2S2. The molecule has 0 unspecified atom stereocenters. The zero-order chi connectivity index (χ0) is 14.8. The molecule has 0 bridgehead atoms. The van der Waals surface area contributed by atoms with Gasteiger partial charge in [-0.25, -0.2) is 18.1 Å². The van der Waals surface area contributed by atoms with E-state index in [2.05, 4.69) is 40.9 Å². The molecule has 4 nitrogen and oxygen atoms in total. The molecule has 0 fully saturated rings. The fourth-order valence-corrected chi connectivity index (χ4v) is 3.35. The van der Waals surface area contributed by atoms with Crippen LogP contribution in [0.1, 0.15) is 26.7 Å². The van der Waals surface area contributed by atoms with E-state index in [0.29, 0.717) is 0 Å². The maximum atomic E-state index is 11.1. The van der Waals surface area contributed by atoms with Gasteiger partial charge >= 0.3 is 0 Å². The highest BCUT2D eigenvalue weighted by Gasteiger charge is 2.10. The maximum absolute atomic E-state index is 11.1. The first-order valence-corrected chi connectivity index (χ1v) is 8.99. The van der Waals surface area contributed by atoms with Crippen molar-refractivity contribution in [3.8, 4) is 0 Å². The average Bonchev–Trinajstić information content (AvgIpc) is 2.70. The number of sulfonamides is 1. The maximum Gasteiger partial charge on any atom is 0.209 e. The van der Waals surface area contributed by atoms with E-state index < -0.39 is 10.0 Å². The second-order valence-corrected chi connectivity index (χ2v) is 7.87. The van der Waals surface area contributed by atoms with E-state index >= 15 is 0 Å². The largest absolute Gasteiger partial charge is 0.245 e. The smallest absolute Gasteiger partial charge is 0.209 e. The van der Waals surface area contributed by atoms with Gasteiger partial charge in [0.05, 0.1) is 18.5 Å². The molecule has 0 saturated heterocycles. The number of thiazole rings is 1. The average molecular weight is 310 g/mol. The van der Waals surface area contributed by atoms with Crippen LogP contribution >= 0.6 is 11.3 Å². The normalized spacial score (nSPS) is 11.8. The molecule has 0 aliphatic carbocycles. The first-order valence-electron chi connectivity index (χ1n) is 6.29. The van der Waals surface area contributed by atoms with Gasteiger partial charge in [-0.15, -0.1) is 11.3 Å². The molecule has 0 radical (unpaired) electrons. The minimum atomic E-state index is -3.17. The lowest BCUT2D eigenvalue weighted by Gasteiger charge is -2.00. The quantitative estimate of drug-likeness (QED) is 0.922.